The number of ether oxygens (including phenoxy) is 3. The van der Waals surface area contributed by atoms with E-state index in [2.05, 4.69) is 0 Å². The fraction of sp³-hybridized carbons (Fsp3) is 0.462. The first-order valence-electron chi connectivity index (χ1n) is 5.93. The van der Waals surface area contributed by atoms with Gasteiger partial charge in [-0.15, -0.1) is 0 Å². The molecule has 1 aromatic carbocycles. The summed E-state index contributed by atoms with van der Waals surface area (Å²) in [5, 5.41) is 0.412. The van der Waals surface area contributed by atoms with E-state index in [0.717, 1.165) is 0 Å². The maximum atomic E-state index is 11.7. The molecule has 0 aliphatic carbocycles. The Kier molecular flexibility index (Phi) is 7.25. The Morgan fingerprint density at radius 2 is 2.00 bits per heavy atom. The van der Waals surface area contributed by atoms with Gasteiger partial charge in [-0.3, -0.25) is 0 Å². The summed E-state index contributed by atoms with van der Waals surface area (Å²) in [6, 6.07) is 4.63. The first-order chi connectivity index (χ1) is 9.13. The van der Waals surface area contributed by atoms with Gasteiger partial charge in [0.25, 0.3) is 0 Å². The van der Waals surface area contributed by atoms with Gasteiger partial charge in [-0.05, 0) is 18.2 Å². The van der Waals surface area contributed by atoms with Crippen LogP contribution < -0.4 is 5.73 Å². The summed E-state index contributed by atoms with van der Waals surface area (Å²) in [7, 11) is 1.61. The molecule has 0 heterocycles. The Hall–Kier alpha value is -1.30. The second-order valence-electron chi connectivity index (χ2n) is 3.87. The molecule has 2 N–H and O–H groups in total. The number of hydrogen-bond acceptors (Lipinski definition) is 5. The molecule has 5 nitrogen and oxygen atoms in total. The molecule has 0 aliphatic heterocycles. The highest BCUT2D eigenvalue weighted by Gasteiger charge is 2.08. The van der Waals surface area contributed by atoms with E-state index in [4.69, 9.17) is 31.5 Å². The molecule has 0 saturated heterocycles. The highest BCUT2D eigenvalue weighted by molar-refractivity contribution is 6.31. The largest absolute Gasteiger partial charge is 0.462 e. The molecule has 0 atom stereocenters. The number of halogens is 1. The molecule has 0 aliphatic rings. The number of hydrogen-bond donors (Lipinski definition) is 1. The van der Waals surface area contributed by atoms with Crippen LogP contribution in [0, 0.1) is 0 Å². The average molecular weight is 288 g/mol. The van der Waals surface area contributed by atoms with Gasteiger partial charge >= 0.3 is 5.97 Å². The predicted octanol–water partition coefficient (Wildman–Crippen LogP) is 2.13. The molecule has 0 radical (unpaired) electrons. The third-order valence-electron chi connectivity index (χ3n) is 2.25. The van der Waals surface area contributed by atoms with E-state index in [-0.39, 0.29) is 6.61 Å². The lowest BCUT2D eigenvalue weighted by molar-refractivity contribution is 0.0385. The standard InChI is InChI=1S/C13H18ClNO4/c1-17-5-6-18-3-2-4-19-13(16)10-7-11(14)9-12(15)8-10/h7-9H,2-6,15H2,1H3. The zero-order valence-electron chi connectivity index (χ0n) is 10.9. The topological polar surface area (TPSA) is 70.8 Å². The smallest absolute Gasteiger partial charge is 0.338 e. The summed E-state index contributed by atoms with van der Waals surface area (Å²) in [6.45, 7) is 1.91. The zero-order valence-corrected chi connectivity index (χ0v) is 11.6. The number of anilines is 1. The van der Waals surface area contributed by atoms with Crippen molar-refractivity contribution in [3.8, 4) is 0 Å². The van der Waals surface area contributed by atoms with Crippen LogP contribution in [0.15, 0.2) is 18.2 Å². The van der Waals surface area contributed by atoms with Gasteiger partial charge in [-0.2, -0.15) is 0 Å². The molecule has 1 aromatic rings. The van der Waals surface area contributed by atoms with Crippen LogP contribution in [-0.4, -0.2) is 39.5 Å². The van der Waals surface area contributed by atoms with E-state index in [0.29, 0.717) is 42.5 Å². The second-order valence-corrected chi connectivity index (χ2v) is 4.30. The van der Waals surface area contributed by atoms with Crippen molar-refractivity contribution in [3.63, 3.8) is 0 Å². The van der Waals surface area contributed by atoms with E-state index >= 15 is 0 Å². The average Bonchev–Trinajstić information content (AvgIpc) is 2.36. The lowest BCUT2D eigenvalue weighted by Crippen LogP contribution is -2.10. The molecule has 19 heavy (non-hydrogen) atoms. The molecule has 6 heteroatoms. The molecular weight excluding hydrogens is 270 g/mol. The van der Waals surface area contributed by atoms with Gasteiger partial charge in [0.15, 0.2) is 0 Å². The van der Waals surface area contributed by atoms with Crippen LogP contribution in [0.5, 0.6) is 0 Å². The zero-order chi connectivity index (χ0) is 14.1. The highest BCUT2D eigenvalue weighted by atomic mass is 35.5. The molecule has 0 unspecified atom stereocenters. The van der Waals surface area contributed by atoms with Crippen LogP contribution in [-0.2, 0) is 14.2 Å². The molecule has 0 bridgehead atoms. The van der Waals surface area contributed by atoms with Crippen molar-refractivity contribution >= 4 is 23.3 Å². The quantitative estimate of drug-likeness (QED) is 0.450. The molecule has 0 fully saturated rings. The second kappa shape index (κ2) is 8.74. The number of carbonyl (C=O) groups excluding carboxylic acids is 1. The summed E-state index contributed by atoms with van der Waals surface area (Å²) in [5.41, 5.74) is 6.38. The first-order valence-corrected chi connectivity index (χ1v) is 6.31. The van der Waals surface area contributed by atoms with Crippen LogP contribution in [0.2, 0.25) is 5.02 Å². The predicted molar refractivity (Wildman–Crippen MR) is 73.5 cm³/mol. The number of methoxy groups -OCH3 is 1. The van der Waals surface area contributed by atoms with Crippen LogP contribution in [0.4, 0.5) is 5.69 Å². The van der Waals surface area contributed by atoms with Crippen LogP contribution in [0.3, 0.4) is 0 Å². The molecule has 1 rings (SSSR count). The Morgan fingerprint density at radius 1 is 1.21 bits per heavy atom. The monoisotopic (exact) mass is 287 g/mol. The van der Waals surface area contributed by atoms with Gasteiger partial charge in [-0.25, -0.2) is 4.79 Å². The SMILES string of the molecule is COCCOCCCOC(=O)c1cc(N)cc(Cl)c1. The number of carbonyl (C=O) groups is 1. The summed E-state index contributed by atoms with van der Waals surface area (Å²) >= 11 is 5.81. The summed E-state index contributed by atoms with van der Waals surface area (Å²) in [5.74, 6) is -0.439. The van der Waals surface area contributed by atoms with Gasteiger partial charge < -0.3 is 19.9 Å². The van der Waals surface area contributed by atoms with Gasteiger partial charge in [0.1, 0.15) is 0 Å². The van der Waals surface area contributed by atoms with Crippen molar-refractivity contribution in [3.05, 3.63) is 28.8 Å². The van der Waals surface area contributed by atoms with Crippen LogP contribution in [0.25, 0.3) is 0 Å². The maximum Gasteiger partial charge on any atom is 0.338 e. The van der Waals surface area contributed by atoms with E-state index < -0.39 is 5.97 Å². The lowest BCUT2D eigenvalue weighted by Gasteiger charge is -2.06. The van der Waals surface area contributed by atoms with Crippen molar-refractivity contribution in [1.82, 2.24) is 0 Å². The highest BCUT2D eigenvalue weighted by Crippen LogP contribution is 2.17. The van der Waals surface area contributed by atoms with Crippen molar-refractivity contribution < 1.29 is 19.0 Å². The van der Waals surface area contributed by atoms with Crippen molar-refractivity contribution in [1.29, 1.82) is 0 Å². The van der Waals surface area contributed by atoms with Crippen molar-refractivity contribution in [2.45, 2.75) is 6.42 Å². The lowest BCUT2D eigenvalue weighted by atomic mass is 10.2. The fourth-order valence-corrected chi connectivity index (χ4v) is 1.63. The molecular formula is C13H18ClNO4. The van der Waals surface area contributed by atoms with Gasteiger partial charge in [-0.1, -0.05) is 11.6 Å². The third-order valence-corrected chi connectivity index (χ3v) is 2.47. The summed E-state index contributed by atoms with van der Waals surface area (Å²) in [6.07, 6.45) is 0.630. The van der Waals surface area contributed by atoms with Crippen molar-refractivity contribution in [2.75, 3.05) is 39.3 Å². The molecule has 0 amide bonds. The van der Waals surface area contributed by atoms with Gasteiger partial charge in [0, 0.05) is 30.8 Å². The molecule has 0 aromatic heterocycles. The van der Waals surface area contributed by atoms with E-state index in [1.807, 2.05) is 0 Å². The number of rotatable bonds is 8. The van der Waals surface area contributed by atoms with E-state index in [1.165, 1.54) is 12.1 Å². The third kappa shape index (κ3) is 6.42. The van der Waals surface area contributed by atoms with Crippen molar-refractivity contribution in [2.24, 2.45) is 0 Å². The fourth-order valence-electron chi connectivity index (χ4n) is 1.38. The van der Waals surface area contributed by atoms with Gasteiger partial charge in [0.05, 0.1) is 25.4 Å². The summed E-state index contributed by atoms with van der Waals surface area (Å²) < 4.78 is 15.2. The Morgan fingerprint density at radius 3 is 2.68 bits per heavy atom. The van der Waals surface area contributed by atoms with E-state index in [9.17, 15) is 4.79 Å². The minimum absolute atomic E-state index is 0.290. The number of nitrogen functional groups attached to an aromatic ring is 1. The normalized spacial score (nSPS) is 10.4. The minimum Gasteiger partial charge on any atom is -0.462 e. The summed E-state index contributed by atoms with van der Waals surface area (Å²) in [4.78, 5) is 11.7. The Bertz CT molecular complexity index is 391. The molecule has 0 spiro atoms. The Balaban J connectivity index is 2.24. The number of nitrogens with two attached hydrogens (primary N) is 1. The molecule has 0 saturated carbocycles. The number of esters is 1. The number of benzene rings is 1. The molecule has 106 valence electrons. The van der Waals surface area contributed by atoms with Crippen LogP contribution in [0.1, 0.15) is 16.8 Å². The maximum absolute atomic E-state index is 11.7. The first kappa shape index (κ1) is 15.8. The van der Waals surface area contributed by atoms with Gasteiger partial charge in [0.2, 0.25) is 0 Å². The van der Waals surface area contributed by atoms with E-state index in [1.54, 1.807) is 13.2 Å². The van der Waals surface area contributed by atoms with Crippen LogP contribution >= 0.6 is 11.6 Å². The Labute approximate surface area is 117 Å². The minimum atomic E-state index is -0.439.